The SMILES string of the molecule is CC1=CC(C2CC(O)OC2O)CCC1. The molecule has 1 heterocycles. The van der Waals surface area contributed by atoms with Crippen molar-refractivity contribution in [1.82, 2.24) is 0 Å². The molecule has 1 aliphatic heterocycles. The minimum Gasteiger partial charge on any atom is -0.368 e. The van der Waals surface area contributed by atoms with Gasteiger partial charge in [-0.2, -0.15) is 0 Å². The van der Waals surface area contributed by atoms with Crippen LogP contribution < -0.4 is 0 Å². The van der Waals surface area contributed by atoms with Gasteiger partial charge in [-0.1, -0.05) is 11.6 Å². The second kappa shape index (κ2) is 4.01. The minimum atomic E-state index is -0.780. The normalized spacial score (nSPS) is 43.8. The van der Waals surface area contributed by atoms with E-state index in [9.17, 15) is 10.2 Å². The van der Waals surface area contributed by atoms with Gasteiger partial charge < -0.3 is 14.9 Å². The summed E-state index contributed by atoms with van der Waals surface area (Å²) >= 11 is 0. The van der Waals surface area contributed by atoms with Gasteiger partial charge in [-0.25, -0.2) is 0 Å². The lowest BCUT2D eigenvalue weighted by Crippen LogP contribution is -2.24. The molecule has 2 N–H and O–H groups in total. The fourth-order valence-electron chi connectivity index (χ4n) is 2.54. The van der Waals surface area contributed by atoms with Crippen molar-refractivity contribution in [2.24, 2.45) is 11.8 Å². The Morgan fingerprint density at radius 1 is 1.43 bits per heavy atom. The maximum Gasteiger partial charge on any atom is 0.161 e. The van der Waals surface area contributed by atoms with Crippen molar-refractivity contribution in [3.8, 4) is 0 Å². The molecular weight excluding hydrogens is 180 g/mol. The highest BCUT2D eigenvalue weighted by molar-refractivity contribution is 5.07. The molecule has 0 aromatic rings. The first-order valence-electron chi connectivity index (χ1n) is 5.35. The molecule has 2 rings (SSSR count). The summed E-state index contributed by atoms with van der Waals surface area (Å²) in [5.74, 6) is 0.469. The zero-order valence-electron chi connectivity index (χ0n) is 8.52. The summed E-state index contributed by atoms with van der Waals surface area (Å²) in [4.78, 5) is 0. The number of aliphatic hydroxyl groups is 2. The average Bonchev–Trinajstić information content (AvgIpc) is 2.45. The Kier molecular flexibility index (Phi) is 2.91. The van der Waals surface area contributed by atoms with Gasteiger partial charge in [0, 0.05) is 12.3 Å². The van der Waals surface area contributed by atoms with Crippen LogP contribution in [0.1, 0.15) is 32.6 Å². The molecule has 0 bridgehead atoms. The monoisotopic (exact) mass is 198 g/mol. The van der Waals surface area contributed by atoms with E-state index in [1.807, 2.05) is 0 Å². The third kappa shape index (κ3) is 2.00. The van der Waals surface area contributed by atoms with Crippen LogP contribution in [0.5, 0.6) is 0 Å². The third-order valence-corrected chi connectivity index (χ3v) is 3.29. The van der Waals surface area contributed by atoms with Crippen LogP contribution in [0.3, 0.4) is 0 Å². The second-order valence-corrected chi connectivity index (χ2v) is 4.45. The molecule has 3 heteroatoms. The summed E-state index contributed by atoms with van der Waals surface area (Å²) in [6.07, 6.45) is 4.71. The van der Waals surface area contributed by atoms with Crippen LogP contribution in [0, 0.1) is 11.8 Å². The van der Waals surface area contributed by atoms with Crippen molar-refractivity contribution in [3.63, 3.8) is 0 Å². The van der Waals surface area contributed by atoms with Gasteiger partial charge in [-0.3, -0.25) is 0 Å². The van der Waals surface area contributed by atoms with Crippen LogP contribution in [-0.2, 0) is 4.74 Å². The van der Waals surface area contributed by atoms with Crippen molar-refractivity contribution in [2.45, 2.75) is 45.2 Å². The smallest absolute Gasteiger partial charge is 0.161 e. The number of hydrogen-bond acceptors (Lipinski definition) is 3. The van der Waals surface area contributed by atoms with Crippen molar-refractivity contribution < 1.29 is 14.9 Å². The molecule has 0 radical (unpaired) electrons. The van der Waals surface area contributed by atoms with Crippen LogP contribution in [0.4, 0.5) is 0 Å². The summed E-state index contributed by atoms with van der Waals surface area (Å²) in [5.41, 5.74) is 1.40. The molecular formula is C11H18O3. The van der Waals surface area contributed by atoms with E-state index in [1.54, 1.807) is 0 Å². The first-order valence-corrected chi connectivity index (χ1v) is 5.35. The van der Waals surface area contributed by atoms with Crippen molar-refractivity contribution in [1.29, 1.82) is 0 Å². The summed E-state index contributed by atoms with van der Waals surface area (Å²) in [7, 11) is 0. The predicted octanol–water partition coefficient (Wildman–Crippen LogP) is 1.41. The minimum absolute atomic E-state index is 0.0836. The van der Waals surface area contributed by atoms with E-state index >= 15 is 0 Å². The third-order valence-electron chi connectivity index (χ3n) is 3.29. The van der Waals surface area contributed by atoms with E-state index in [2.05, 4.69) is 13.0 Å². The number of aliphatic hydroxyl groups excluding tert-OH is 2. The zero-order chi connectivity index (χ0) is 10.1. The van der Waals surface area contributed by atoms with E-state index in [0.29, 0.717) is 12.3 Å². The largest absolute Gasteiger partial charge is 0.368 e. The van der Waals surface area contributed by atoms with Crippen molar-refractivity contribution in [3.05, 3.63) is 11.6 Å². The van der Waals surface area contributed by atoms with Crippen LogP contribution >= 0.6 is 0 Å². The van der Waals surface area contributed by atoms with Crippen LogP contribution in [0.2, 0.25) is 0 Å². The lowest BCUT2D eigenvalue weighted by molar-refractivity contribution is -0.170. The molecule has 0 aromatic carbocycles. The van der Waals surface area contributed by atoms with E-state index in [1.165, 1.54) is 18.4 Å². The molecule has 0 aromatic heterocycles. The van der Waals surface area contributed by atoms with Gasteiger partial charge in [0.05, 0.1) is 0 Å². The molecule has 4 atom stereocenters. The number of hydrogen-bond donors (Lipinski definition) is 2. The average molecular weight is 198 g/mol. The van der Waals surface area contributed by atoms with Gasteiger partial charge in [0.25, 0.3) is 0 Å². The van der Waals surface area contributed by atoms with E-state index in [4.69, 9.17) is 4.74 Å². The van der Waals surface area contributed by atoms with Crippen molar-refractivity contribution >= 4 is 0 Å². The van der Waals surface area contributed by atoms with Crippen LogP contribution in [0.15, 0.2) is 11.6 Å². The number of ether oxygens (including phenoxy) is 1. The predicted molar refractivity (Wildman–Crippen MR) is 52.3 cm³/mol. The fourth-order valence-corrected chi connectivity index (χ4v) is 2.54. The van der Waals surface area contributed by atoms with Crippen LogP contribution in [-0.4, -0.2) is 22.8 Å². The summed E-state index contributed by atoms with van der Waals surface area (Å²) in [6, 6.07) is 0. The second-order valence-electron chi connectivity index (χ2n) is 4.45. The summed E-state index contributed by atoms with van der Waals surface area (Å²) in [6.45, 7) is 2.13. The highest BCUT2D eigenvalue weighted by Crippen LogP contribution is 2.37. The summed E-state index contributed by atoms with van der Waals surface area (Å²) < 4.78 is 4.94. The molecule has 4 unspecified atom stereocenters. The Morgan fingerprint density at radius 3 is 2.79 bits per heavy atom. The topological polar surface area (TPSA) is 49.7 Å². The van der Waals surface area contributed by atoms with E-state index in [-0.39, 0.29) is 5.92 Å². The quantitative estimate of drug-likeness (QED) is 0.626. The molecule has 80 valence electrons. The first kappa shape index (κ1) is 10.1. The number of rotatable bonds is 1. The standard InChI is InChI=1S/C11H18O3/c1-7-3-2-4-8(5-7)9-6-10(12)14-11(9)13/h5,8-13H,2-4,6H2,1H3. The molecule has 1 fully saturated rings. The molecule has 1 aliphatic carbocycles. The molecule has 1 saturated heterocycles. The van der Waals surface area contributed by atoms with Gasteiger partial charge in [0.15, 0.2) is 12.6 Å². The van der Waals surface area contributed by atoms with Gasteiger partial charge in [-0.05, 0) is 32.1 Å². The Morgan fingerprint density at radius 2 is 2.21 bits per heavy atom. The Labute approximate surface area is 84.4 Å². The Bertz CT molecular complexity index is 237. The molecule has 0 spiro atoms. The maximum atomic E-state index is 9.59. The summed E-state index contributed by atoms with van der Waals surface area (Å²) in [5, 5.41) is 18.9. The zero-order valence-corrected chi connectivity index (χ0v) is 8.52. The Balaban J connectivity index is 2.04. The molecule has 2 aliphatic rings. The molecule has 0 amide bonds. The number of allylic oxidation sites excluding steroid dienone is 2. The van der Waals surface area contributed by atoms with Gasteiger partial charge in [-0.15, -0.1) is 0 Å². The van der Waals surface area contributed by atoms with E-state index < -0.39 is 12.6 Å². The maximum absolute atomic E-state index is 9.59. The lowest BCUT2D eigenvalue weighted by atomic mass is 9.81. The molecule has 14 heavy (non-hydrogen) atoms. The lowest BCUT2D eigenvalue weighted by Gasteiger charge is -2.25. The molecule has 3 nitrogen and oxygen atoms in total. The first-order chi connectivity index (χ1) is 6.66. The van der Waals surface area contributed by atoms with E-state index in [0.717, 1.165) is 6.42 Å². The highest BCUT2D eigenvalue weighted by Gasteiger charge is 2.37. The highest BCUT2D eigenvalue weighted by atomic mass is 16.7. The fraction of sp³-hybridized carbons (Fsp3) is 0.818. The molecule has 0 saturated carbocycles. The van der Waals surface area contributed by atoms with Crippen LogP contribution in [0.25, 0.3) is 0 Å². The van der Waals surface area contributed by atoms with Crippen molar-refractivity contribution in [2.75, 3.05) is 0 Å². The van der Waals surface area contributed by atoms with Gasteiger partial charge >= 0.3 is 0 Å². The van der Waals surface area contributed by atoms with Gasteiger partial charge in [0.2, 0.25) is 0 Å². The Hall–Kier alpha value is -0.380. The van der Waals surface area contributed by atoms with Gasteiger partial charge in [0.1, 0.15) is 0 Å².